The molecule has 3 aromatic rings. The Balaban J connectivity index is 1.43. The van der Waals surface area contributed by atoms with Crippen LogP contribution in [0.5, 0.6) is 0 Å². The molecule has 0 bridgehead atoms. The number of benzene rings is 1. The van der Waals surface area contributed by atoms with Gasteiger partial charge in [0.15, 0.2) is 0 Å². The Labute approximate surface area is 167 Å². The summed E-state index contributed by atoms with van der Waals surface area (Å²) in [5.41, 5.74) is 1.84. The van der Waals surface area contributed by atoms with Crippen LogP contribution >= 0.6 is 0 Å². The van der Waals surface area contributed by atoms with Crippen LogP contribution in [0.3, 0.4) is 0 Å². The van der Waals surface area contributed by atoms with Gasteiger partial charge in [-0.3, -0.25) is 9.59 Å². The van der Waals surface area contributed by atoms with Crippen LogP contribution in [0.25, 0.3) is 11.4 Å². The lowest BCUT2D eigenvalue weighted by Gasteiger charge is -2.14. The summed E-state index contributed by atoms with van der Waals surface area (Å²) in [6, 6.07) is 5.86. The van der Waals surface area contributed by atoms with Crippen LogP contribution in [0.4, 0.5) is 4.39 Å². The number of nitrogens with one attached hydrogen (secondary N) is 2. The molecule has 2 N–H and O–H groups in total. The molecule has 1 aliphatic carbocycles. The molecular weight excluding hydrogens is 373 g/mol. The number of imidazole rings is 1. The highest BCUT2D eigenvalue weighted by Crippen LogP contribution is 2.23. The second-order valence-electron chi connectivity index (χ2n) is 7.21. The van der Waals surface area contributed by atoms with E-state index in [0.29, 0.717) is 55.7 Å². The summed E-state index contributed by atoms with van der Waals surface area (Å²) in [5, 5.41) is 2.97. The first-order valence-corrected chi connectivity index (χ1v) is 9.71. The second kappa shape index (κ2) is 8.38. The highest BCUT2D eigenvalue weighted by Gasteiger charge is 2.25. The molecule has 1 atom stereocenters. The van der Waals surface area contributed by atoms with Crippen molar-refractivity contribution in [2.75, 3.05) is 6.54 Å². The van der Waals surface area contributed by atoms with Crippen molar-refractivity contribution < 1.29 is 9.18 Å². The van der Waals surface area contributed by atoms with E-state index < -0.39 is 0 Å². The molecule has 1 amide bonds. The Kier molecular flexibility index (Phi) is 5.50. The van der Waals surface area contributed by atoms with Crippen LogP contribution in [-0.2, 0) is 24.2 Å². The zero-order valence-electron chi connectivity index (χ0n) is 15.9. The largest absolute Gasteiger partial charge is 0.354 e. The number of hydrogen-bond acceptors (Lipinski definition) is 4. The molecule has 1 aliphatic rings. The number of halogens is 1. The number of rotatable bonds is 5. The minimum Gasteiger partial charge on any atom is -0.354 e. The Morgan fingerprint density at radius 1 is 1.24 bits per heavy atom. The number of H-pyrrole nitrogens is 1. The predicted octanol–water partition coefficient (Wildman–Crippen LogP) is 2.08. The molecule has 1 aromatic carbocycles. The van der Waals surface area contributed by atoms with Crippen molar-refractivity contribution in [1.82, 2.24) is 24.8 Å². The van der Waals surface area contributed by atoms with E-state index in [2.05, 4.69) is 20.3 Å². The fourth-order valence-corrected chi connectivity index (χ4v) is 3.66. The van der Waals surface area contributed by atoms with E-state index in [0.717, 1.165) is 5.69 Å². The van der Waals surface area contributed by atoms with Gasteiger partial charge in [-0.05, 0) is 49.9 Å². The molecule has 150 valence electrons. The molecule has 0 saturated carbocycles. The third kappa shape index (κ3) is 4.42. The number of aromatic nitrogens is 4. The van der Waals surface area contributed by atoms with E-state index in [9.17, 15) is 14.0 Å². The van der Waals surface area contributed by atoms with Gasteiger partial charge in [-0.1, -0.05) is 0 Å². The van der Waals surface area contributed by atoms with Crippen molar-refractivity contribution in [3.05, 3.63) is 70.4 Å². The maximum Gasteiger partial charge on any atom is 0.254 e. The van der Waals surface area contributed by atoms with Gasteiger partial charge in [0.05, 0.1) is 12.0 Å². The molecule has 2 heterocycles. The number of carbonyl (C=O) groups is 1. The third-order valence-corrected chi connectivity index (χ3v) is 5.29. The topological polar surface area (TPSA) is 92.7 Å². The van der Waals surface area contributed by atoms with E-state index in [4.69, 9.17) is 0 Å². The average Bonchev–Trinajstić information content (AvgIpc) is 3.13. The Bertz CT molecular complexity index is 1040. The van der Waals surface area contributed by atoms with Crippen molar-refractivity contribution in [1.29, 1.82) is 0 Å². The van der Waals surface area contributed by atoms with Crippen molar-refractivity contribution in [2.24, 2.45) is 5.92 Å². The van der Waals surface area contributed by atoms with Gasteiger partial charge in [0.2, 0.25) is 5.91 Å². The Hall–Kier alpha value is -3.29. The van der Waals surface area contributed by atoms with Gasteiger partial charge < -0.3 is 14.9 Å². The fraction of sp³-hybridized carbons (Fsp3) is 0.333. The average molecular weight is 395 g/mol. The standard InChI is InChI=1S/C21H22FN5O2/c22-16-5-1-14(2-6-16)19-25-18-8-4-15(3-7-17(18)21(29)26-19)20(28)24-10-12-27-11-9-23-13-27/h1-2,5-6,9,11,13,15H,3-4,7-8,10,12H2,(H,24,28)(H,25,26,29). The van der Waals surface area contributed by atoms with E-state index >= 15 is 0 Å². The van der Waals surface area contributed by atoms with E-state index in [-0.39, 0.29) is 23.2 Å². The zero-order chi connectivity index (χ0) is 20.2. The predicted molar refractivity (Wildman–Crippen MR) is 106 cm³/mol. The highest BCUT2D eigenvalue weighted by atomic mass is 19.1. The van der Waals surface area contributed by atoms with Gasteiger partial charge in [0, 0.05) is 42.5 Å². The molecule has 0 radical (unpaired) electrons. The lowest BCUT2D eigenvalue weighted by Crippen LogP contribution is -2.33. The van der Waals surface area contributed by atoms with Gasteiger partial charge >= 0.3 is 0 Å². The van der Waals surface area contributed by atoms with Crippen molar-refractivity contribution in [3.8, 4) is 11.4 Å². The zero-order valence-corrected chi connectivity index (χ0v) is 15.9. The Morgan fingerprint density at radius 3 is 2.79 bits per heavy atom. The monoisotopic (exact) mass is 395 g/mol. The quantitative estimate of drug-likeness (QED) is 0.647. The number of aryl methyl sites for hydroxylation is 1. The lowest BCUT2D eigenvalue weighted by atomic mass is 9.99. The van der Waals surface area contributed by atoms with Crippen LogP contribution in [0.1, 0.15) is 24.1 Å². The number of fused-ring (bicyclic) bond motifs is 1. The Morgan fingerprint density at radius 2 is 2.03 bits per heavy atom. The molecule has 0 aliphatic heterocycles. The second-order valence-corrected chi connectivity index (χ2v) is 7.21. The molecule has 8 heteroatoms. The van der Waals surface area contributed by atoms with Crippen molar-refractivity contribution >= 4 is 5.91 Å². The van der Waals surface area contributed by atoms with Crippen LogP contribution < -0.4 is 10.9 Å². The number of nitrogens with zero attached hydrogens (tertiary/aromatic N) is 3. The summed E-state index contributed by atoms with van der Waals surface area (Å²) in [5.74, 6) is -0.0569. The molecule has 0 spiro atoms. The van der Waals surface area contributed by atoms with E-state index in [1.54, 1.807) is 24.7 Å². The number of amides is 1. The summed E-state index contributed by atoms with van der Waals surface area (Å²) in [6.07, 6.45) is 7.60. The van der Waals surface area contributed by atoms with Gasteiger partial charge in [-0.2, -0.15) is 0 Å². The van der Waals surface area contributed by atoms with Gasteiger partial charge in [-0.15, -0.1) is 0 Å². The minimum atomic E-state index is -0.340. The molecule has 29 heavy (non-hydrogen) atoms. The first-order valence-electron chi connectivity index (χ1n) is 9.71. The summed E-state index contributed by atoms with van der Waals surface area (Å²) in [4.78, 5) is 36.5. The lowest BCUT2D eigenvalue weighted by molar-refractivity contribution is -0.125. The van der Waals surface area contributed by atoms with Gasteiger partial charge in [0.25, 0.3) is 5.56 Å². The van der Waals surface area contributed by atoms with Gasteiger partial charge in [-0.25, -0.2) is 14.4 Å². The summed E-state index contributed by atoms with van der Waals surface area (Å²) in [6.45, 7) is 1.20. The molecule has 2 aromatic heterocycles. The van der Waals surface area contributed by atoms with Crippen LogP contribution in [0, 0.1) is 11.7 Å². The van der Waals surface area contributed by atoms with Crippen molar-refractivity contribution in [3.63, 3.8) is 0 Å². The SMILES string of the molecule is O=C(NCCn1ccnc1)C1CCc2nc(-c3ccc(F)cc3)[nH]c(=O)c2CC1. The van der Waals surface area contributed by atoms with Crippen molar-refractivity contribution in [2.45, 2.75) is 32.2 Å². The molecule has 0 fully saturated rings. The van der Waals surface area contributed by atoms with E-state index in [1.165, 1.54) is 12.1 Å². The third-order valence-electron chi connectivity index (χ3n) is 5.29. The van der Waals surface area contributed by atoms with E-state index in [1.807, 2.05) is 10.8 Å². The summed E-state index contributed by atoms with van der Waals surface area (Å²) in [7, 11) is 0. The maximum atomic E-state index is 13.2. The summed E-state index contributed by atoms with van der Waals surface area (Å²) >= 11 is 0. The molecule has 7 nitrogen and oxygen atoms in total. The highest BCUT2D eigenvalue weighted by molar-refractivity contribution is 5.78. The fourth-order valence-electron chi connectivity index (χ4n) is 3.66. The number of hydrogen-bond donors (Lipinski definition) is 2. The van der Waals surface area contributed by atoms with Crippen LogP contribution in [0.15, 0.2) is 47.8 Å². The molecule has 1 unspecified atom stereocenters. The smallest absolute Gasteiger partial charge is 0.254 e. The first kappa shape index (κ1) is 19.0. The minimum absolute atomic E-state index is 0.00751. The first-order chi connectivity index (χ1) is 14.1. The van der Waals surface area contributed by atoms with Crippen LogP contribution in [-0.4, -0.2) is 32.0 Å². The normalized spacial score (nSPS) is 16.1. The van der Waals surface area contributed by atoms with Crippen LogP contribution in [0.2, 0.25) is 0 Å². The number of carbonyl (C=O) groups excluding carboxylic acids is 1. The summed E-state index contributed by atoms with van der Waals surface area (Å²) < 4.78 is 15.1. The molecule has 0 saturated heterocycles. The maximum absolute atomic E-state index is 13.2. The number of aromatic amines is 1. The molecular formula is C21H22FN5O2. The molecule has 4 rings (SSSR count). The van der Waals surface area contributed by atoms with Gasteiger partial charge in [0.1, 0.15) is 11.6 Å².